The summed E-state index contributed by atoms with van der Waals surface area (Å²) in [6, 6.07) is 16.0. The number of amidine groups is 1. The van der Waals surface area contributed by atoms with Gasteiger partial charge < -0.3 is 10.1 Å². The number of nitrogens with one attached hydrogen (secondary N) is 1. The Bertz CT molecular complexity index is 792. The Morgan fingerprint density at radius 1 is 0.957 bits per heavy atom. The molecule has 0 amide bonds. The van der Waals surface area contributed by atoms with Gasteiger partial charge in [-0.25, -0.2) is 4.99 Å². The molecule has 0 bridgehead atoms. The van der Waals surface area contributed by atoms with Crippen LogP contribution in [0.1, 0.15) is 53.5 Å². The van der Waals surface area contributed by atoms with E-state index in [0.717, 1.165) is 18.8 Å². The Kier molecular flexibility index (Phi) is 2.93. The van der Waals surface area contributed by atoms with Gasteiger partial charge in [-0.2, -0.15) is 0 Å². The summed E-state index contributed by atoms with van der Waals surface area (Å²) in [6.07, 6.45) is 4.81. The van der Waals surface area contributed by atoms with Gasteiger partial charge in [0.25, 0.3) is 6.02 Å². The molecule has 3 heteroatoms. The normalized spacial score (nSPS) is 23.8. The minimum absolute atomic E-state index is 0.224. The number of fused-ring (bicyclic) bond motifs is 2. The molecule has 2 aromatic rings. The van der Waals surface area contributed by atoms with Gasteiger partial charge >= 0.3 is 0 Å². The third-order valence-corrected chi connectivity index (χ3v) is 5.20. The minimum Gasteiger partial charge on any atom is -0.460 e. The molecule has 1 fully saturated rings. The highest BCUT2D eigenvalue weighted by Crippen LogP contribution is 2.44. The van der Waals surface area contributed by atoms with Gasteiger partial charge in [0, 0.05) is 11.3 Å². The van der Waals surface area contributed by atoms with Crippen LogP contribution in [-0.2, 0) is 17.8 Å². The first kappa shape index (κ1) is 13.2. The van der Waals surface area contributed by atoms with Crippen LogP contribution in [0.5, 0.6) is 0 Å². The molecule has 0 saturated heterocycles. The standard InChI is InChI=1S/C20H20N2O/c1-2-5-16-13(4-1)10-11-19(16)22-20-21-18-7-3-6-15(14-8-9-14)17(18)12-23-20/h1-7,14,19H,8-12H2,(H,21,22). The van der Waals surface area contributed by atoms with Crippen LogP contribution in [0.25, 0.3) is 0 Å². The monoisotopic (exact) mass is 304 g/mol. The summed E-state index contributed by atoms with van der Waals surface area (Å²) in [5.74, 6) is 0.746. The third kappa shape index (κ3) is 2.31. The Hall–Kier alpha value is -2.29. The summed E-state index contributed by atoms with van der Waals surface area (Å²) in [5.41, 5.74) is 6.73. The number of aliphatic imine (C=N–C) groups is 1. The molecule has 1 aliphatic heterocycles. The van der Waals surface area contributed by atoms with Crippen molar-refractivity contribution in [3.8, 4) is 0 Å². The van der Waals surface area contributed by atoms with Crippen LogP contribution in [-0.4, -0.2) is 6.02 Å². The molecular formula is C20H20N2O. The highest BCUT2D eigenvalue weighted by molar-refractivity contribution is 5.92. The van der Waals surface area contributed by atoms with E-state index in [4.69, 9.17) is 9.73 Å². The van der Waals surface area contributed by atoms with Crippen LogP contribution < -0.4 is 5.32 Å². The van der Waals surface area contributed by atoms with E-state index in [1.165, 1.54) is 40.8 Å². The fourth-order valence-electron chi connectivity index (χ4n) is 3.83. The molecule has 0 radical (unpaired) electrons. The summed E-state index contributed by atoms with van der Waals surface area (Å²) in [7, 11) is 0. The molecule has 1 atom stereocenters. The van der Waals surface area contributed by atoms with Crippen molar-refractivity contribution in [2.24, 2.45) is 4.99 Å². The Balaban J connectivity index is 1.43. The number of aryl methyl sites for hydroxylation is 1. The van der Waals surface area contributed by atoms with Gasteiger partial charge in [-0.1, -0.05) is 36.4 Å². The molecular weight excluding hydrogens is 284 g/mol. The third-order valence-electron chi connectivity index (χ3n) is 5.20. The van der Waals surface area contributed by atoms with E-state index in [1.807, 2.05) is 0 Å². The molecule has 0 spiro atoms. The number of hydrogen-bond donors (Lipinski definition) is 1. The Morgan fingerprint density at radius 3 is 2.74 bits per heavy atom. The lowest BCUT2D eigenvalue weighted by atomic mass is 10.0. The van der Waals surface area contributed by atoms with Gasteiger partial charge in [0.15, 0.2) is 0 Å². The maximum absolute atomic E-state index is 5.94. The van der Waals surface area contributed by atoms with E-state index in [9.17, 15) is 0 Å². The molecule has 1 heterocycles. The van der Waals surface area contributed by atoms with Crippen LogP contribution >= 0.6 is 0 Å². The largest absolute Gasteiger partial charge is 0.460 e. The zero-order valence-electron chi connectivity index (χ0n) is 13.1. The van der Waals surface area contributed by atoms with Crippen molar-refractivity contribution in [2.75, 3.05) is 5.32 Å². The zero-order valence-corrected chi connectivity index (χ0v) is 13.1. The second-order valence-electron chi connectivity index (χ2n) is 6.75. The molecule has 2 aromatic carbocycles. The van der Waals surface area contributed by atoms with E-state index < -0.39 is 0 Å². The number of ether oxygens (including phenoxy) is 1. The predicted octanol–water partition coefficient (Wildman–Crippen LogP) is 4.55. The first-order chi connectivity index (χ1) is 11.4. The predicted molar refractivity (Wildman–Crippen MR) is 91.8 cm³/mol. The lowest BCUT2D eigenvalue weighted by Crippen LogP contribution is -2.24. The molecule has 5 rings (SSSR count). The maximum Gasteiger partial charge on any atom is 0.290 e. The SMILES string of the molecule is c1ccc2c(c1)CCC2N=C1Nc2cccc(C3CC3)c2CO1. The average Bonchev–Trinajstić information content (AvgIpc) is 3.36. The second-order valence-corrected chi connectivity index (χ2v) is 6.75. The number of hydrogen-bond acceptors (Lipinski definition) is 2. The summed E-state index contributed by atoms with van der Waals surface area (Å²) in [4.78, 5) is 4.85. The topological polar surface area (TPSA) is 33.6 Å². The van der Waals surface area contributed by atoms with Gasteiger partial charge in [-0.05, 0) is 54.4 Å². The molecule has 23 heavy (non-hydrogen) atoms. The summed E-state index contributed by atoms with van der Waals surface area (Å²) >= 11 is 0. The molecule has 0 aromatic heterocycles. The van der Waals surface area contributed by atoms with Crippen LogP contribution in [0, 0.1) is 0 Å². The first-order valence-corrected chi connectivity index (χ1v) is 8.56. The van der Waals surface area contributed by atoms with E-state index in [2.05, 4.69) is 47.8 Å². The van der Waals surface area contributed by atoms with Gasteiger partial charge in [-0.15, -0.1) is 0 Å². The van der Waals surface area contributed by atoms with Crippen molar-refractivity contribution in [1.82, 2.24) is 0 Å². The number of anilines is 1. The van der Waals surface area contributed by atoms with Crippen molar-refractivity contribution in [1.29, 1.82) is 0 Å². The summed E-state index contributed by atoms with van der Waals surface area (Å²) < 4.78 is 5.94. The summed E-state index contributed by atoms with van der Waals surface area (Å²) in [5, 5.41) is 3.41. The molecule has 3 nitrogen and oxygen atoms in total. The highest BCUT2D eigenvalue weighted by atomic mass is 16.5. The van der Waals surface area contributed by atoms with Crippen LogP contribution in [0.2, 0.25) is 0 Å². The number of nitrogens with zero attached hydrogens (tertiary/aromatic N) is 1. The lowest BCUT2D eigenvalue weighted by molar-refractivity contribution is 0.281. The van der Waals surface area contributed by atoms with Gasteiger partial charge in [0.05, 0.1) is 6.04 Å². The number of benzene rings is 2. The van der Waals surface area contributed by atoms with Crippen LogP contribution in [0.15, 0.2) is 47.5 Å². The quantitative estimate of drug-likeness (QED) is 0.883. The molecule has 1 N–H and O–H groups in total. The molecule has 1 unspecified atom stereocenters. The minimum atomic E-state index is 0.224. The van der Waals surface area contributed by atoms with E-state index >= 15 is 0 Å². The zero-order chi connectivity index (χ0) is 15.2. The average molecular weight is 304 g/mol. The van der Waals surface area contributed by atoms with E-state index in [1.54, 1.807) is 0 Å². The van der Waals surface area contributed by atoms with Crippen LogP contribution in [0.4, 0.5) is 5.69 Å². The smallest absolute Gasteiger partial charge is 0.290 e. The Morgan fingerprint density at radius 2 is 1.83 bits per heavy atom. The fourth-order valence-corrected chi connectivity index (χ4v) is 3.83. The molecule has 2 aliphatic carbocycles. The van der Waals surface area contributed by atoms with Crippen molar-refractivity contribution < 1.29 is 4.74 Å². The fraction of sp³-hybridized carbons (Fsp3) is 0.350. The molecule has 3 aliphatic rings. The van der Waals surface area contributed by atoms with Crippen molar-refractivity contribution in [2.45, 2.75) is 44.2 Å². The highest BCUT2D eigenvalue weighted by Gasteiger charge is 2.29. The second kappa shape index (κ2) is 5.12. The molecule has 116 valence electrons. The van der Waals surface area contributed by atoms with Crippen molar-refractivity contribution in [3.05, 3.63) is 64.7 Å². The summed E-state index contributed by atoms with van der Waals surface area (Å²) in [6.45, 7) is 0.641. The number of rotatable bonds is 2. The van der Waals surface area contributed by atoms with Gasteiger partial charge in [0.1, 0.15) is 6.61 Å². The lowest BCUT2D eigenvalue weighted by Gasteiger charge is -2.24. The van der Waals surface area contributed by atoms with Gasteiger partial charge in [-0.3, -0.25) is 0 Å². The van der Waals surface area contributed by atoms with Crippen molar-refractivity contribution in [3.63, 3.8) is 0 Å². The van der Waals surface area contributed by atoms with Gasteiger partial charge in [0.2, 0.25) is 0 Å². The molecule has 1 saturated carbocycles. The Labute approximate surface area is 136 Å². The van der Waals surface area contributed by atoms with Crippen molar-refractivity contribution >= 4 is 11.7 Å². The van der Waals surface area contributed by atoms with E-state index in [-0.39, 0.29) is 6.04 Å². The first-order valence-electron chi connectivity index (χ1n) is 8.56. The maximum atomic E-state index is 5.94. The van der Waals surface area contributed by atoms with Crippen LogP contribution in [0.3, 0.4) is 0 Å². The van der Waals surface area contributed by atoms with E-state index in [0.29, 0.717) is 12.6 Å².